The topological polar surface area (TPSA) is 92.6 Å². The molecule has 0 saturated heterocycles. The lowest BCUT2D eigenvalue weighted by atomic mass is 10.1. The Hall–Kier alpha value is -1.59. The summed E-state index contributed by atoms with van der Waals surface area (Å²) < 4.78 is 0. The van der Waals surface area contributed by atoms with Crippen molar-refractivity contribution >= 4 is 11.6 Å². The summed E-state index contributed by atoms with van der Waals surface area (Å²) in [6.45, 7) is 3.03. The molecule has 94 valence electrons. The molecule has 0 aromatic heterocycles. The second-order valence-electron chi connectivity index (χ2n) is 3.94. The number of para-hydroxylation sites is 1. The number of carbonyl (C=O) groups excluding carboxylic acids is 1. The summed E-state index contributed by atoms with van der Waals surface area (Å²) in [7, 11) is 0. The summed E-state index contributed by atoms with van der Waals surface area (Å²) in [5.41, 5.74) is 12.1. The monoisotopic (exact) mass is 237 g/mol. The number of aliphatic hydroxyl groups is 1. The third kappa shape index (κ3) is 4.05. The number of nitrogen functional groups attached to an aromatic ring is 1. The maximum absolute atomic E-state index is 10.8. The van der Waals surface area contributed by atoms with Crippen molar-refractivity contribution in [3.05, 3.63) is 29.8 Å². The summed E-state index contributed by atoms with van der Waals surface area (Å²) in [6.07, 6.45) is -0.713. The van der Waals surface area contributed by atoms with Crippen molar-refractivity contribution in [1.29, 1.82) is 0 Å². The van der Waals surface area contributed by atoms with Crippen LogP contribution in [0.15, 0.2) is 24.3 Å². The normalized spacial score (nSPS) is 12.6. The van der Waals surface area contributed by atoms with Gasteiger partial charge in [-0.05, 0) is 12.6 Å². The zero-order valence-corrected chi connectivity index (χ0v) is 9.97. The molecule has 0 aliphatic carbocycles. The number of hydrogen-bond donors (Lipinski definition) is 3. The highest BCUT2D eigenvalue weighted by molar-refractivity contribution is 5.75. The van der Waals surface area contributed by atoms with Gasteiger partial charge >= 0.3 is 0 Å². The van der Waals surface area contributed by atoms with Crippen molar-refractivity contribution < 1.29 is 9.90 Å². The molecule has 1 amide bonds. The van der Waals surface area contributed by atoms with Gasteiger partial charge in [0.1, 0.15) is 0 Å². The van der Waals surface area contributed by atoms with E-state index in [0.29, 0.717) is 24.3 Å². The van der Waals surface area contributed by atoms with Crippen LogP contribution in [0.3, 0.4) is 0 Å². The molecule has 5 heteroatoms. The van der Waals surface area contributed by atoms with E-state index in [1.807, 2.05) is 19.1 Å². The number of hydrogen-bond acceptors (Lipinski definition) is 4. The third-order valence-electron chi connectivity index (χ3n) is 2.61. The lowest BCUT2D eigenvalue weighted by Gasteiger charge is -2.23. The molecule has 0 spiro atoms. The van der Waals surface area contributed by atoms with E-state index in [1.54, 1.807) is 17.0 Å². The Kier molecular flexibility index (Phi) is 4.93. The number of primary amides is 1. The average molecular weight is 237 g/mol. The fourth-order valence-electron chi connectivity index (χ4n) is 1.68. The SMILES string of the molecule is CCN(CC(N)=O)CC(O)c1ccccc1N. The van der Waals surface area contributed by atoms with Gasteiger partial charge in [0.05, 0.1) is 12.6 Å². The number of nitrogens with zero attached hydrogens (tertiary/aromatic N) is 1. The first kappa shape index (κ1) is 13.5. The molecular weight excluding hydrogens is 218 g/mol. The first-order valence-electron chi connectivity index (χ1n) is 5.57. The molecule has 5 nitrogen and oxygen atoms in total. The van der Waals surface area contributed by atoms with Gasteiger partial charge in [0.2, 0.25) is 5.91 Å². The third-order valence-corrected chi connectivity index (χ3v) is 2.61. The minimum atomic E-state index is -0.713. The molecule has 1 aromatic rings. The molecule has 1 rings (SSSR count). The summed E-state index contributed by atoms with van der Waals surface area (Å²) in [6, 6.07) is 7.15. The van der Waals surface area contributed by atoms with Crippen LogP contribution in [-0.2, 0) is 4.79 Å². The van der Waals surface area contributed by atoms with Crippen LogP contribution in [0.2, 0.25) is 0 Å². The second kappa shape index (κ2) is 6.22. The van der Waals surface area contributed by atoms with Gasteiger partial charge in [-0.15, -0.1) is 0 Å². The number of nitrogens with two attached hydrogens (primary N) is 2. The Bertz CT molecular complexity index is 382. The summed E-state index contributed by atoms with van der Waals surface area (Å²) >= 11 is 0. The van der Waals surface area contributed by atoms with E-state index in [-0.39, 0.29) is 6.54 Å². The zero-order chi connectivity index (χ0) is 12.8. The van der Waals surface area contributed by atoms with Gasteiger partial charge in [-0.3, -0.25) is 9.69 Å². The molecule has 17 heavy (non-hydrogen) atoms. The Labute approximate surface area is 101 Å². The van der Waals surface area contributed by atoms with Gasteiger partial charge in [-0.1, -0.05) is 25.1 Å². The van der Waals surface area contributed by atoms with Gasteiger partial charge in [0.25, 0.3) is 0 Å². The van der Waals surface area contributed by atoms with Gasteiger partial charge < -0.3 is 16.6 Å². The Morgan fingerprint density at radius 2 is 2.12 bits per heavy atom. The van der Waals surface area contributed by atoms with E-state index >= 15 is 0 Å². The van der Waals surface area contributed by atoms with Crippen molar-refractivity contribution in [3.8, 4) is 0 Å². The maximum atomic E-state index is 10.8. The fraction of sp³-hybridized carbons (Fsp3) is 0.417. The largest absolute Gasteiger partial charge is 0.398 e. The van der Waals surface area contributed by atoms with E-state index in [9.17, 15) is 9.90 Å². The molecule has 0 heterocycles. The first-order valence-corrected chi connectivity index (χ1v) is 5.57. The van der Waals surface area contributed by atoms with Gasteiger partial charge in [0, 0.05) is 17.8 Å². The van der Waals surface area contributed by atoms with E-state index in [2.05, 4.69) is 0 Å². The minimum absolute atomic E-state index is 0.139. The summed E-state index contributed by atoms with van der Waals surface area (Å²) in [5, 5.41) is 10.0. The number of likely N-dealkylation sites (N-methyl/N-ethyl adjacent to an activating group) is 1. The molecule has 0 aliphatic heterocycles. The lowest BCUT2D eigenvalue weighted by Crippen LogP contribution is -2.36. The number of rotatable bonds is 6. The summed E-state index contributed by atoms with van der Waals surface area (Å²) in [4.78, 5) is 12.6. The molecule has 1 aromatic carbocycles. The van der Waals surface area contributed by atoms with Gasteiger partial charge in [0.15, 0.2) is 0 Å². The lowest BCUT2D eigenvalue weighted by molar-refractivity contribution is -0.119. The van der Waals surface area contributed by atoms with Crippen molar-refractivity contribution in [3.63, 3.8) is 0 Å². The predicted molar refractivity (Wildman–Crippen MR) is 67.1 cm³/mol. The quantitative estimate of drug-likeness (QED) is 0.612. The Balaban J connectivity index is 2.67. The molecule has 5 N–H and O–H groups in total. The summed E-state index contributed by atoms with van der Waals surface area (Å²) in [5.74, 6) is -0.403. The number of benzene rings is 1. The van der Waals surface area contributed by atoms with Gasteiger partial charge in [-0.2, -0.15) is 0 Å². The molecule has 0 bridgehead atoms. The van der Waals surface area contributed by atoms with Crippen LogP contribution in [0.1, 0.15) is 18.6 Å². The van der Waals surface area contributed by atoms with E-state index in [0.717, 1.165) is 0 Å². The number of amides is 1. The van der Waals surface area contributed by atoms with Crippen LogP contribution in [0.25, 0.3) is 0 Å². The van der Waals surface area contributed by atoms with Crippen LogP contribution < -0.4 is 11.5 Å². The van der Waals surface area contributed by atoms with Crippen LogP contribution in [0, 0.1) is 0 Å². The number of aliphatic hydroxyl groups excluding tert-OH is 1. The molecule has 1 unspecified atom stereocenters. The van der Waals surface area contributed by atoms with Crippen LogP contribution in [0.5, 0.6) is 0 Å². The van der Waals surface area contributed by atoms with Crippen LogP contribution in [0.4, 0.5) is 5.69 Å². The van der Waals surface area contributed by atoms with E-state index in [4.69, 9.17) is 11.5 Å². The second-order valence-corrected chi connectivity index (χ2v) is 3.94. The Morgan fingerprint density at radius 3 is 2.65 bits per heavy atom. The van der Waals surface area contributed by atoms with Gasteiger partial charge in [-0.25, -0.2) is 0 Å². The van der Waals surface area contributed by atoms with Crippen molar-refractivity contribution in [2.75, 3.05) is 25.4 Å². The van der Waals surface area contributed by atoms with Crippen molar-refractivity contribution in [1.82, 2.24) is 4.90 Å². The van der Waals surface area contributed by atoms with Crippen LogP contribution >= 0.6 is 0 Å². The van der Waals surface area contributed by atoms with E-state index in [1.165, 1.54) is 0 Å². The Morgan fingerprint density at radius 1 is 1.47 bits per heavy atom. The highest BCUT2D eigenvalue weighted by atomic mass is 16.3. The van der Waals surface area contributed by atoms with Crippen LogP contribution in [-0.4, -0.2) is 35.5 Å². The molecule has 0 saturated carbocycles. The molecule has 1 atom stereocenters. The number of anilines is 1. The fourth-order valence-corrected chi connectivity index (χ4v) is 1.68. The van der Waals surface area contributed by atoms with Crippen molar-refractivity contribution in [2.45, 2.75) is 13.0 Å². The standard InChI is InChI=1S/C12H19N3O2/c1-2-15(8-12(14)17)7-11(16)9-5-3-4-6-10(9)13/h3-6,11,16H,2,7-8,13H2,1H3,(H2,14,17). The molecule has 0 aliphatic rings. The average Bonchev–Trinajstić information content (AvgIpc) is 2.27. The predicted octanol–water partition coefficient (Wildman–Crippen LogP) is 0.109. The maximum Gasteiger partial charge on any atom is 0.231 e. The smallest absolute Gasteiger partial charge is 0.231 e. The molecular formula is C12H19N3O2. The molecule has 0 radical (unpaired) electrons. The minimum Gasteiger partial charge on any atom is -0.398 e. The zero-order valence-electron chi connectivity index (χ0n) is 9.97. The first-order chi connectivity index (χ1) is 8.04. The molecule has 0 fully saturated rings. The highest BCUT2D eigenvalue weighted by Gasteiger charge is 2.15. The highest BCUT2D eigenvalue weighted by Crippen LogP contribution is 2.20. The van der Waals surface area contributed by atoms with E-state index < -0.39 is 12.0 Å². The van der Waals surface area contributed by atoms with Crippen molar-refractivity contribution in [2.24, 2.45) is 5.73 Å². The number of carbonyl (C=O) groups is 1.